The zero-order valence-electron chi connectivity index (χ0n) is 10.5. The molecule has 17 heavy (non-hydrogen) atoms. The van der Waals surface area contributed by atoms with Gasteiger partial charge in [-0.2, -0.15) is 0 Å². The highest BCUT2D eigenvalue weighted by Crippen LogP contribution is 2.22. The molecule has 1 rings (SSSR count). The minimum Gasteiger partial charge on any atom is -0.480 e. The van der Waals surface area contributed by atoms with E-state index in [4.69, 9.17) is 9.84 Å². The lowest BCUT2D eigenvalue weighted by Crippen LogP contribution is -2.46. The number of amides is 1. The molecule has 0 fully saturated rings. The number of hydrogen-bond donors (Lipinski definition) is 1. The summed E-state index contributed by atoms with van der Waals surface area (Å²) >= 11 is 0. The molecule has 0 atom stereocenters. The maximum absolute atomic E-state index is 12.0. The maximum atomic E-state index is 12.0. The van der Waals surface area contributed by atoms with Crippen molar-refractivity contribution in [1.29, 1.82) is 0 Å². The Morgan fingerprint density at radius 3 is 2.59 bits per heavy atom. The zero-order valence-corrected chi connectivity index (χ0v) is 10.5. The van der Waals surface area contributed by atoms with Crippen LogP contribution in [0.1, 0.15) is 20.3 Å². The monoisotopic (exact) mass is 241 g/mol. The Morgan fingerprint density at radius 2 is 2.18 bits per heavy atom. The van der Waals surface area contributed by atoms with Crippen molar-refractivity contribution in [3.8, 4) is 0 Å². The van der Waals surface area contributed by atoms with Gasteiger partial charge in [0, 0.05) is 20.2 Å². The van der Waals surface area contributed by atoms with Crippen LogP contribution in [-0.4, -0.2) is 48.7 Å². The topological polar surface area (TPSA) is 66.8 Å². The SMILES string of the molecule is COCC1=CCN(C(=O)C(C)(C)C(=O)O)CC1. The van der Waals surface area contributed by atoms with Crippen LogP contribution in [-0.2, 0) is 14.3 Å². The summed E-state index contributed by atoms with van der Waals surface area (Å²) < 4.78 is 5.02. The average Bonchev–Trinajstić information content (AvgIpc) is 2.29. The highest BCUT2D eigenvalue weighted by Gasteiger charge is 2.39. The van der Waals surface area contributed by atoms with Gasteiger partial charge in [0.25, 0.3) is 0 Å². The molecule has 5 nitrogen and oxygen atoms in total. The first kappa shape index (κ1) is 13.7. The van der Waals surface area contributed by atoms with Crippen molar-refractivity contribution in [2.24, 2.45) is 5.41 Å². The fourth-order valence-electron chi connectivity index (χ4n) is 1.70. The molecule has 0 saturated heterocycles. The van der Waals surface area contributed by atoms with Gasteiger partial charge in [0.15, 0.2) is 0 Å². The van der Waals surface area contributed by atoms with Gasteiger partial charge in [-0.15, -0.1) is 0 Å². The molecule has 0 bridgehead atoms. The minimum absolute atomic E-state index is 0.335. The number of carboxylic acids is 1. The molecule has 1 heterocycles. The Balaban J connectivity index is 2.66. The van der Waals surface area contributed by atoms with Crippen LogP contribution in [0.25, 0.3) is 0 Å². The van der Waals surface area contributed by atoms with Crippen LogP contribution in [0.5, 0.6) is 0 Å². The minimum atomic E-state index is -1.35. The average molecular weight is 241 g/mol. The first-order chi connectivity index (χ1) is 7.89. The van der Waals surface area contributed by atoms with E-state index in [0.717, 1.165) is 12.0 Å². The molecule has 0 aromatic rings. The Labute approximate surface area is 101 Å². The van der Waals surface area contributed by atoms with E-state index in [2.05, 4.69) is 0 Å². The molecule has 0 aromatic heterocycles. The summed E-state index contributed by atoms with van der Waals surface area (Å²) in [4.78, 5) is 24.6. The number of carboxylic acid groups (broad SMARTS) is 1. The number of methoxy groups -OCH3 is 1. The molecule has 1 amide bonds. The van der Waals surface area contributed by atoms with Crippen LogP contribution in [0.15, 0.2) is 11.6 Å². The van der Waals surface area contributed by atoms with E-state index >= 15 is 0 Å². The van der Waals surface area contributed by atoms with E-state index in [9.17, 15) is 9.59 Å². The van der Waals surface area contributed by atoms with Gasteiger partial charge in [-0.05, 0) is 25.8 Å². The smallest absolute Gasteiger partial charge is 0.318 e. The Bertz CT molecular complexity index is 346. The molecule has 0 spiro atoms. The van der Waals surface area contributed by atoms with Crippen LogP contribution in [0.4, 0.5) is 0 Å². The van der Waals surface area contributed by atoms with Gasteiger partial charge in [-0.25, -0.2) is 0 Å². The van der Waals surface area contributed by atoms with Gasteiger partial charge in [-0.3, -0.25) is 9.59 Å². The number of rotatable bonds is 4. The molecule has 5 heteroatoms. The highest BCUT2D eigenvalue weighted by molar-refractivity contribution is 6.01. The largest absolute Gasteiger partial charge is 0.480 e. The van der Waals surface area contributed by atoms with Crippen molar-refractivity contribution in [3.05, 3.63) is 11.6 Å². The third-order valence-corrected chi connectivity index (χ3v) is 2.99. The summed E-state index contributed by atoms with van der Waals surface area (Å²) in [6, 6.07) is 0. The van der Waals surface area contributed by atoms with E-state index in [-0.39, 0.29) is 5.91 Å². The normalized spacial score (nSPS) is 16.6. The summed E-state index contributed by atoms with van der Waals surface area (Å²) in [5.74, 6) is -1.42. The Morgan fingerprint density at radius 1 is 1.53 bits per heavy atom. The lowest BCUT2D eigenvalue weighted by Gasteiger charge is -2.31. The van der Waals surface area contributed by atoms with E-state index in [1.165, 1.54) is 13.8 Å². The van der Waals surface area contributed by atoms with Crippen molar-refractivity contribution in [2.75, 3.05) is 26.8 Å². The first-order valence-electron chi connectivity index (χ1n) is 5.59. The Kier molecular flexibility index (Phi) is 4.28. The van der Waals surface area contributed by atoms with Crippen LogP contribution in [0, 0.1) is 5.41 Å². The summed E-state index contributed by atoms with van der Waals surface area (Å²) in [7, 11) is 1.63. The number of hydrogen-bond acceptors (Lipinski definition) is 3. The third kappa shape index (κ3) is 3.06. The number of carbonyl (C=O) groups is 2. The molecule has 0 radical (unpaired) electrons. The summed E-state index contributed by atoms with van der Waals surface area (Å²) in [5.41, 5.74) is -0.197. The molecule has 0 unspecified atom stereocenters. The van der Waals surface area contributed by atoms with E-state index in [1.807, 2.05) is 6.08 Å². The number of nitrogens with zero attached hydrogens (tertiary/aromatic N) is 1. The van der Waals surface area contributed by atoms with E-state index in [1.54, 1.807) is 12.0 Å². The molecular weight excluding hydrogens is 222 g/mol. The van der Waals surface area contributed by atoms with Crippen molar-refractivity contribution in [2.45, 2.75) is 20.3 Å². The van der Waals surface area contributed by atoms with Crippen LogP contribution >= 0.6 is 0 Å². The second-order valence-electron chi connectivity index (χ2n) is 4.73. The summed E-state index contributed by atoms with van der Waals surface area (Å²) in [5, 5.41) is 9.00. The molecular formula is C12H19NO4. The number of ether oxygens (including phenoxy) is 1. The molecule has 1 N–H and O–H groups in total. The molecule has 0 saturated carbocycles. The van der Waals surface area contributed by atoms with Gasteiger partial charge >= 0.3 is 5.97 Å². The number of aliphatic carboxylic acids is 1. The Hall–Kier alpha value is -1.36. The highest BCUT2D eigenvalue weighted by atomic mass is 16.5. The van der Waals surface area contributed by atoms with Crippen LogP contribution < -0.4 is 0 Å². The fourth-order valence-corrected chi connectivity index (χ4v) is 1.70. The lowest BCUT2D eigenvalue weighted by molar-refractivity contribution is -0.158. The lowest BCUT2D eigenvalue weighted by atomic mass is 9.91. The second kappa shape index (κ2) is 5.31. The van der Waals surface area contributed by atoms with Gasteiger partial charge in [0.2, 0.25) is 5.91 Å². The zero-order chi connectivity index (χ0) is 13.1. The molecule has 96 valence electrons. The van der Waals surface area contributed by atoms with Gasteiger partial charge in [-0.1, -0.05) is 6.08 Å². The number of carbonyl (C=O) groups excluding carboxylic acids is 1. The quantitative estimate of drug-likeness (QED) is 0.586. The van der Waals surface area contributed by atoms with Gasteiger partial charge in [0.1, 0.15) is 5.41 Å². The van der Waals surface area contributed by atoms with Crippen molar-refractivity contribution in [1.82, 2.24) is 4.90 Å². The van der Waals surface area contributed by atoms with E-state index < -0.39 is 11.4 Å². The summed E-state index contributed by atoms with van der Waals surface area (Å²) in [6.45, 7) is 4.47. The van der Waals surface area contributed by atoms with Crippen molar-refractivity contribution >= 4 is 11.9 Å². The molecule has 1 aliphatic heterocycles. The van der Waals surface area contributed by atoms with E-state index in [0.29, 0.717) is 19.7 Å². The van der Waals surface area contributed by atoms with Crippen LogP contribution in [0.2, 0.25) is 0 Å². The standard InChI is InChI=1S/C12H19NO4/c1-12(2,11(15)16)10(14)13-6-4-9(5-7-13)8-17-3/h4H,5-8H2,1-3H3,(H,15,16). The summed E-state index contributed by atoms with van der Waals surface area (Å²) in [6.07, 6.45) is 2.68. The molecule has 0 aliphatic carbocycles. The van der Waals surface area contributed by atoms with Crippen molar-refractivity contribution in [3.63, 3.8) is 0 Å². The first-order valence-corrected chi connectivity index (χ1v) is 5.59. The second-order valence-corrected chi connectivity index (χ2v) is 4.73. The van der Waals surface area contributed by atoms with Gasteiger partial charge in [0.05, 0.1) is 6.61 Å². The maximum Gasteiger partial charge on any atom is 0.318 e. The van der Waals surface area contributed by atoms with Gasteiger partial charge < -0.3 is 14.7 Å². The molecule has 0 aromatic carbocycles. The molecule has 1 aliphatic rings. The van der Waals surface area contributed by atoms with Crippen LogP contribution in [0.3, 0.4) is 0 Å². The predicted octanol–water partition coefficient (Wildman–Crippen LogP) is 0.902. The third-order valence-electron chi connectivity index (χ3n) is 2.99. The fraction of sp³-hybridized carbons (Fsp3) is 0.667. The van der Waals surface area contributed by atoms with Crippen molar-refractivity contribution < 1.29 is 19.4 Å². The predicted molar refractivity (Wildman–Crippen MR) is 62.6 cm³/mol.